The summed E-state index contributed by atoms with van der Waals surface area (Å²) in [6, 6.07) is 11.8. The van der Waals surface area contributed by atoms with E-state index < -0.39 is 59.7 Å². The van der Waals surface area contributed by atoms with Crippen molar-refractivity contribution in [3.8, 4) is 11.1 Å². The number of nitrogens with zero attached hydrogens (tertiary/aromatic N) is 1. The molecule has 2 aliphatic rings. The number of hydrogen-bond acceptors (Lipinski definition) is 5. The molecule has 10 nitrogen and oxygen atoms in total. The number of carbonyl (C=O) groups is 3. The molecule has 1 unspecified atom stereocenters. The zero-order chi connectivity index (χ0) is 31.0. The number of aliphatic hydroxyl groups is 1. The Morgan fingerprint density at radius 1 is 1.05 bits per heavy atom. The molecule has 0 spiro atoms. The lowest BCUT2D eigenvalue weighted by Gasteiger charge is -2.49. The van der Waals surface area contributed by atoms with E-state index >= 15 is 0 Å². The van der Waals surface area contributed by atoms with Gasteiger partial charge in [0, 0.05) is 33.3 Å². The van der Waals surface area contributed by atoms with Crippen LogP contribution in [0.25, 0.3) is 11.1 Å². The van der Waals surface area contributed by atoms with Crippen LogP contribution in [0.5, 0.6) is 0 Å². The lowest BCUT2D eigenvalue weighted by molar-refractivity contribution is -0.121. The molecule has 2 amide bonds. The maximum absolute atomic E-state index is 14.4. The van der Waals surface area contributed by atoms with Crippen LogP contribution in [0.2, 0.25) is 10.0 Å². The number of benzene rings is 3. The Balaban J connectivity index is 1.76. The first-order chi connectivity index (χ1) is 20.5. The maximum Gasteiger partial charge on any atom is 0.336 e. The minimum Gasteiger partial charge on any atom is -0.478 e. The highest BCUT2D eigenvalue weighted by Gasteiger charge is 2.49. The first kappa shape index (κ1) is 31.1. The predicted molar refractivity (Wildman–Crippen MR) is 162 cm³/mol. The number of aliphatic hydroxyl groups excluding tert-OH is 1. The van der Waals surface area contributed by atoms with Gasteiger partial charge >= 0.3 is 5.97 Å². The Kier molecular flexibility index (Phi) is 9.21. The summed E-state index contributed by atoms with van der Waals surface area (Å²) in [5.41, 5.74) is 7.87. The normalized spacial score (nSPS) is 22.6. The van der Waals surface area contributed by atoms with Gasteiger partial charge in [-0.3, -0.25) is 14.1 Å². The highest BCUT2D eigenvalue weighted by molar-refractivity contribution is 7.77. The molecule has 0 aromatic heterocycles. The number of nitrogens with two attached hydrogens (primary N) is 1. The number of rotatable bonds is 8. The van der Waals surface area contributed by atoms with Crippen molar-refractivity contribution in [2.75, 3.05) is 0 Å². The third kappa shape index (κ3) is 5.93. The van der Waals surface area contributed by atoms with E-state index in [2.05, 4.69) is 4.72 Å². The second-order valence-electron chi connectivity index (χ2n) is 10.6. The van der Waals surface area contributed by atoms with Gasteiger partial charge in [0.15, 0.2) is 0 Å². The summed E-state index contributed by atoms with van der Waals surface area (Å²) in [6.07, 6.45) is 2.53. The van der Waals surface area contributed by atoms with E-state index in [4.69, 9.17) is 28.9 Å². The van der Waals surface area contributed by atoms with Crippen molar-refractivity contribution in [3.05, 3.63) is 92.5 Å². The standard InChI is InChI=1S/C30H29Cl2N3O7S/c31-17-9-11-19(22(32)13-17)27-26(28(33)37)21-12-15(25-16(14-36)4-3-5-20(25)30(39)40)8-10-18(21)29(38)35(27)24-7-2-1-6-23(24)34-43(41)42/h3-5,8-13,23-24,26-27,34,36H,1-2,6-7,14H2,(H2,33,37)(H,39,40)(H,41,42)/t23-,24-,26+,27-/m0/s1. The van der Waals surface area contributed by atoms with Gasteiger partial charge in [0.25, 0.3) is 5.91 Å². The molecule has 0 bridgehead atoms. The van der Waals surface area contributed by atoms with E-state index in [1.807, 2.05) is 0 Å². The Hall–Kier alpha value is -3.32. The number of halogens is 2. The minimum absolute atomic E-state index is 0.0590. The molecule has 3 aromatic rings. The van der Waals surface area contributed by atoms with Gasteiger partial charge in [-0.1, -0.05) is 60.3 Å². The number of carboxylic acids is 1. The summed E-state index contributed by atoms with van der Waals surface area (Å²) < 4.78 is 24.1. The fourth-order valence-corrected chi connectivity index (χ4v) is 7.52. The molecule has 1 heterocycles. The monoisotopic (exact) mass is 645 g/mol. The van der Waals surface area contributed by atoms with Gasteiger partial charge in [-0.2, -0.15) is 0 Å². The van der Waals surface area contributed by atoms with Crippen molar-refractivity contribution in [3.63, 3.8) is 0 Å². The zero-order valence-electron chi connectivity index (χ0n) is 22.7. The summed E-state index contributed by atoms with van der Waals surface area (Å²) in [6.45, 7) is -0.440. The lowest BCUT2D eigenvalue weighted by atomic mass is 9.75. The molecule has 226 valence electrons. The number of primary amides is 1. The first-order valence-corrected chi connectivity index (χ1v) is 15.4. The highest BCUT2D eigenvalue weighted by atomic mass is 35.5. The molecule has 3 aromatic carbocycles. The molecule has 5 rings (SSSR count). The molecule has 43 heavy (non-hydrogen) atoms. The molecule has 13 heteroatoms. The van der Waals surface area contributed by atoms with Crippen molar-refractivity contribution in [1.82, 2.24) is 9.62 Å². The predicted octanol–water partition coefficient (Wildman–Crippen LogP) is 4.65. The first-order valence-electron chi connectivity index (χ1n) is 13.6. The van der Waals surface area contributed by atoms with E-state index in [0.717, 1.165) is 12.8 Å². The SMILES string of the molecule is NC(=O)[C@@H]1c2cc(-c3c(CO)cccc3C(=O)O)ccc2C(=O)N([C@H]2CCCC[C@@H]2NS(=O)O)[C@H]1c1ccc(Cl)cc1Cl. The van der Waals surface area contributed by atoms with Gasteiger partial charge in [0.05, 0.1) is 24.1 Å². The molecule has 0 radical (unpaired) electrons. The Morgan fingerprint density at radius 3 is 2.44 bits per heavy atom. The molecule has 0 saturated heterocycles. The van der Waals surface area contributed by atoms with Gasteiger partial charge in [0.1, 0.15) is 0 Å². The van der Waals surface area contributed by atoms with E-state index in [1.54, 1.807) is 35.2 Å². The van der Waals surface area contributed by atoms with Crippen molar-refractivity contribution in [2.24, 2.45) is 5.73 Å². The fraction of sp³-hybridized carbons (Fsp3) is 0.300. The number of carbonyl (C=O) groups excluding carboxylic acids is 2. The summed E-state index contributed by atoms with van der Waals surface area (Å²) in [7, 11) is 0. The van der Waals surface area contributed by atoms with Crippen LogP contribution in [0.1, 0.15) is 75.0 Å². The van der Waals surface area contributed by atoms with Crippen LogP contribution in [-0.4, -0.2) is 53.7 Å². The maximum atomic E-state index is 14.4. The van der Waals surface area contributed by atoms with E-state index in [1.165, 1.54) is 24.3 Å². The van der Waals surface area contributed by atoms with E-state index in [0.29, 0.717) is 34.6 Å². The Bertz CT molecular complexity index is 1640. The second kappa shape index (κ2) is 12.7. The molecule has 1 aliphatic heterocycles. The fourth-order valence-electron chi connectivity index (χ4n) is 6.47. The second-order valence-corrected chi connectivity index (χ2v) is 12.2. The van der Waals surface area contributed by atoms with Crippen LogP contribution in [0, 0.1) is 0 Å². The van der Waals surface area contributed by atoms with Gasteiger partial charge in [0.2, 0.25) is 17.2 Å². The van der Waals surface area contributed by atoms with Crippen molar-refractivity contribution in [2.45, 2.75) is 56.3 Å². The van der Waals surface area contributed by atoms with Gasteiger partial charge in [-0.05, 0) is 65.4 Å². The number of aromatic carboxylic acids is 1. The smallest absolute Gasteiger partial charge is 0.336 e. The van der Waals surface area contributed by atoms with E-state index in [9.17, 15) is 33.4 Å². The van der Waals surface area contributed by atoms with Crippen molar-refractivity contribution < 1.29 is 33.4 Å². The van der Waals surface area contributed by atoms with Crippen LogP contribution in [-0.2, 0) is 22.7 Å². The quantitative estimate of drug-likeness (QED) is 0.222. The van der Waals surface area contributed by atoms with Gasteiger partial charge < -0.3 is 20.8 Å². The minimum atomic E-state index is -2.35. The highest BCUT2D eigenvalue weighted by Crippen LogP contribution is 2.48. The molecule has 1 aliphatic carbocycles. The van der Waals surface area contributed by atoms with Crippen LogP contribution in [0.4, 0.5) is 0 Å². The average molecular weight is 647 g/mol. The number of hydrogen-bond donors (Lipinski definition) is 5. The number of fused-ring (bicyclic) bond motifs is 1. The topological polar surface area (TPSA) is 170 Å². The largest absolute Gasteiger partial charge is 0.478 e. The third-order valence-electron chi connectivity index (χ3n) is 8.23. The molecule has 6 N–H and O–H groups in total. The Labute approximate surface area is 260 Å². The van der Waals surface area contributed by atoms with Crippen LogP contribution < -0.4 is 10.5 Å². The van der Waals surface area contributed by atoms with Crippen LogP contribution in [0.3, 0.4) is 0 Å². The summed E-state index contributed by atoms with van der Waals surface area (Å²) in [5.74, 6) is -3.54. The van der Waals surface area contributed by atoms with Crippen molar-refractivity contribution >= 4 is 52.3 Å². The zero-order valence-corrected chi connectivity index (χ0v) is 25.0. The van der Waals surface area contributed by atoms with Crippen LogP contribution >= 0.6 is 23.2 Å². The van der Waals surface area contributed by atoms with Crippen molar-refractivity contribution in [1.29, 1.82) is 0 Å². The molecule has 1 fully saturated rings. The summed E-state index contributed by atoms with van der Waals surface area (Å²) in [4.78, 5) is 41.5. The summed E-state index contributed by atoms with van der Waals surface area (Å²) in [5, 5.41) is 20.5. The number of amides is 2. The van der Waals surface area contributed by atoms with Gasteiger partial charge in [-0.15, -0.1) is 0 Å². The number of carboxylic acid groups (broad SMARTS) is 1. The summed E-state index contributed by atoms with van der Waals surface area (Å²) >= 11 is 10.5. The van der Waals surface area contributed by atoms with E-state index in [-0.39, 0.29) is 27.3 Å². The Morgan fingerprint density at radius 2 is 1.79 bits per heavy atom. The molecular weight excluding hydrogens is 617 g/mol. The molecular formula is C30H29Cl2N3O7S. The van der Waals surface area contributed by atoms with Crippen LogP contribution in [0.15, 0.2) is 54.6 Å². The number of nitrogens with one attached hydrogen (secondary N) is 1. The molecule has 1 saturated carbocycles. The van der Waals surface area contributed by atoms with Gasteiger partial charge in [-0.25, -0.2) is 13.7 Å². The third-order valence-corrected chi connectivity index (χ3v) is 9.30. The average Bonchev–Trinajstić information content (AvgIpc) is 2.96. The lowest BCUT2D eigenvalue weighted by Crippen LogP contribution is -2.58. The molecule has 5 atom stereocenters.